The number of primary amides is 1. The molecule has 1 saturated carbocycles. The van der Waals surface area contributed by atoms with E-state index in [1.165, 1.54) is 0 Å². The smallest absolute Gasteiger partial charge is 0.330 e. The van der Waals surface area contributed by atoms with E-state index in [-0.39, 0.29) is 6.54 Å². The molecule has 5 amide bonds. The number of carbonyl (C=O) groups excluding carboxylic acids is 4. The second kappa shape index (κ2) is 5.13. The maximum absolute atomic E-state index is 12.7. The molecule has 0 bridgehead atoms. The van der Waals surface area contributed by atoms with E-state index < -0.39 is 34.6 Å². The van der Waals surface area contributed by atoms with Gasteiger partial charge in [-0.2, -0.15) is 0 Å². The summed E-state index contributed by atoms with van der Waals surface area (Å²) in [4.78, 5) is 49.2. The molecule has 0 unspecified atom stereocenters. The fraction of sp³-hybridized carbons (Fsp3) is 0.714. The number of hydrogen-bond acceptors (Lipinski definition) is 4. The molecule has 0 radical (unpaired) electrons. The van der Waals surface area contributed by atoms with Gasteiger partial charge in [0, 0.05) is 6.54 Å². The minimum atomic E-state index is -1.15. The number of nitrogens with zero attached hydrogens (tertiary/aromatic N) is 1. The Morgan fingerprint density at radius 3 is 2.33 bits per heavy atom. The Morgan fingerprint density at radius 2 is 1.81 bits per heavy atom. The molecule has 0 atom stereocenters. The minimum absolute atomic E-state index is 0.123. The van der Waals surface area contributed by atoms with Crippen LogP contribution in [0, 0.1) is 10.8 Å². The molecule has 7 nitrogen and oxygen atoms in total. The summed E-state index contributed by atoms with van der Waals surface area (Å²) in [5, 5.41) is 2.26. The highest BCUT2D eigenvalue weighted by Gasteiger charge is 2.54. The quantitative estimate of drug-likeness (QED) is 0.740. The van der Waals surface area contributed by atoms with E-state index in [1.807, 2.05) is 0 Å². The van der Waals surface area contributed by atoms with Crippen molar-refractivity contribution in [2.24, 2.45) is 16.6 Å². The molecular formula is C14H21N3O4. The van der Waals surface area contributed by atoms with Crippen LogP contribution in [0.4, 0.5) is 4.79 Å². The lowest BCUT2D eigenvalue weighted by atomic mass is 9.71. The van der Waals surface area contributed by atoms with Crippen molar-refractivity contribution in [1.29, 1.82) is 0 Å². The van der Waals surface area contributed by atoms with Gasteiger partial charge in [0.25, 0.3) is 0 Å². The molecule has 7 heteroatoms. The zero-order valence-corrected chi connectivity index (χ0v) is 12.4. The first-order valence-electron chi connectivity index (χ1n) is 7.18. The van der Waals surface area contributed by atoms with Crippen molar-refractivity contribution in [2.75, 3.05) is 6.54 Å². The van der Waals surface area contributed by atoms with E-state index in [1.54, 1.807) is 13.8 Å². The van der Waals surface area contributed by atoms with E-state index in [9.17, 15) is 19.2 Å². The van der Waals surface area contributed by atoms with Crippen molar-refractivity contribution in [1.82, 2.24) is 10.2 Å². The van der Waals surface area contributed by atoms with Crippen molar-refractivity contribution in [3.63, 3.8) is 0 Å². The van der Waals surface area contributed by atoms with Crippen LogP contribution in [0.2, 0.25) is 0 Å². The number of hydrogen-bond donors (Lipinski definition) is 2. The maximum Gasteiger partial charge on any atom is 0.330 e. The number of urea groups is 1. The zero-order chi connectivity index (χ0) is 15.8. The lowest BCUT2D eigenvalue weighted by molar-refractivity contribution is -0.155. The van der Waals surface area contributed by atoms with Crippen LogP contribution in [-0.2, 0) is 14.4 Å². The third kappa shape index (κ3) is 2.52. The van der Waals surface area contributed by atoms with Crippen molar-refractivity contribution >= 4 is 23.8 Å². The van der Waals surface area contributed by atoms with E-state index in [0.717, 1.165) is 24.2 Å². The van der Waals surface area contributed by atoms with Gasteiger partial charge in [-0.15, -0.1) is 0 Å². The van der Waals surface area contributed by atoms with Crippen LogP contribution in [0.25, 0.3) is 0 Å². The standard InChI is InChI=1S/C14H21N3O4/c1-13(2,9(15)18)8-17-11(20)14(6-4-3-5-7-14)10(19)16-12(17)21/h3-8H2,1-2H3,(H2,15,18)(H,16,19,21). The van der Waals surface area contributed by atoms with E-state index in [4.69, 9.17) is 5.73 Å². The summed E-state index contributed by atoms with van der Waals surface area (Å²) >= 11 is 0. The molecule has 1 saturated heterocycles. The Hall–Kier alpha value is -1.92. The van der Waals surface area contributed by atoms with Crippen LogP contribution in [0.3, 0.4) is 0 Å². The van der Waals surface area contributed by atoms with Gasteiger partial charge in [0.05, 0.1) is 5.41 Å². The average Bonchev–Trinajstić information content (AvgIpc) is 2.43. The van der Waals surface area contributed by atoms with Crippen molar-refractivity contribution < 1.29 is 19.2 Å². The first kappa shape index (κ1) is 15.5. The highest BCUT2D eigenvalue weighted by Crippen LogP contribution is 2.40. The van der Waals surface area contributed by atoms with Gasteiger partial charge in [0.1, 0.15) is 5.41 Å². The molecule has 0 aromatic rings. The Morgan fingerprint density at radius 1 is 1.24 bits per heavy atom. The summed E-state index contributed by atoms with van der Waals surface area (Å²) in [6, 6.07) is -0.768. The molecule has 21 heavy (non-hydrogen) atoms. The van der Waals surface area contributed by atoms with Crippen molar-refractivity contribution in [3.8, 4) is 0 Å². The minimum Gasteiger partial charge on any atom is -0.369 e. The van der Waals surface area contributed by atoms with E-state index >= 15 is 0 Å². The molecule has 2 fully saturated rings. The predicted molar refractivity (Wildman–Crippen MR) is 73.7 cm³/mol. The van der Waals surface area contributed by atoms with Crippen LogP contribution in [0.1, 0.15) is 46.0 Å². The van der Waals surface area contributed by atoms with Gasteiger partial charge in [0.15, 0.2) is 0 Å². The molecule has 2 rings (SSSR count). The molecule has 1 heterocycles. The number of amides is 5. The first-order valence-corrected chi connectivity index (χ1v) is 7.18. The number of imide groups is 2. The molecule has 0 aromatic heterocycles. The van der Waals surface area contributed by atoms with Gasteiger partial charge in [-0.05, 0) is 26.7 Å². The molecule has 3 N–H and O–H groups in total. The topological polar surface area (TPSA) is 110 Å². The number of nitrogens with one attached hydrogen (secondary N) is 1. The average molecular weight is 295 g/mol. The number of barbiturate groups is 1. The van der Waals surface area contributed by atoms with Gasteiger partial charge >= 0.3 is 6.03 Å². The van der Waals surface area contributed by atoms with Gasteiger partial charge in [-0.3, -0.25) is 24.6 Å². The summed E-state index contributed by atoms with van der Waals surface area (Å²) in [6.45, 7) is 3.02. The highest BCUT2D eigenvalue weighted by molar-refractivity contribution is 6.19. The molecule has 0 aromatic carbocycles. The lowest BCUT2D eigenvalue weighted by Crippen LogP contribution is -2.66. The molecule has 116 valence electrons. The summed E-state index contributed by atoms with van der Waals surface area (Å²) in [5.74, 6) is -1.60. The SMILES string of the molecule is CC(C)(CN1C(=O)NC(=O)C2(CCCCC2)C1=O)C(N)=O. The molecular weight excluding hydrogens is 274 g/mol. The normalized spacial score (nSPS) is 22.4. The molecule has 1 spiro atoms. The summed E-state index contributed by atoms with van der Waals surface area (Å²) < 4.78 is 0. The molecule has 1 aliphatic carbocycles. The fourth-order valence-electron chi connectivity index (χ4n) is 2.94. The molecule has 2 aliphatic rings. The predicted octanol–water partition coefficient (Wildman–Crippen LogP) is 0.527. The summed E-state index contributed by atoms with van der Waals surface area (Å²) in [6.07, 6.45) is 3.42. The van der Waals surface area contributed by atoms with Crippen LogP contribution in [0.15, 0.2) is 0 Å². The third-order valence-electron chi connectivity index (χ3n) is 4.48. The number of nitrogens with two attached hydrogens (primary N) is 1. The van der Waals surface area contributed by atoms with Crippen molar-refractivity contribution in [2.45, 2.75) is 46.0 Å². The lowest BCUT2D eigenvalue weighted by Gasteiger charge is -2.42. The Labute approximate surface area is 123 Å². The molecule has 1 aliphatic heterocycles. The van der Waals surface area contributed by atoms with Crippen LogP contribution in [0.5, 0.6) is 0 Å². The second-order valence-electron chi connectivity index (χ2n) is 6.54. The van der Waals surface area contributed by atoms with Gasteiger partial charge in [-0.25, -0.2) is 4.79 Å². The maximum atomic E-state index is 12.7. The van der Waals surface area contributed by atoms with Crippen LogP contribution >= 0.6 is 0 Å². The van der Waals surface area contributed by atoms with Gasteiger partial charge in [0.2, 0.25) is 17.7 Å². The Kier molecular flexibility index (Phi) is 3.78. The summed E-state index contributed by atoms with van der Waals surface area (Å²) in [5.41, 5.74) is 3.11. The third-order valence-corrected chi connectivity index (χ3v) is 4.48. The zero-order valence-electron chi connectivity index (χ0n) is 12.4. The van der Waals surface area contributed by atoms with Gasteiger partial charge in [-0.1, -0.05) is 19.3 Å². The van der Waals surface area contributed by atoms with Crippen molar-refractivity contribution in [3.05, 3.63) is 0 Å². The first-order chi connectivity index (χ1) is 9.70. The summed E-state index contributed by atoms with van der Waals surface area (Å²) in [7, 11) is 0. The Bertz CT molecular complexity index is 506. The van der Waals surface area contributed by atoms with Crippen LogP contribution in [-0.4, -0.2) is 35.2 Å². The largest absolute Gasteiger partial charge is 0.369 e. The Balaban J connectivity index is 2.29. The van der Waals surface area contributed by atoms with Crippen LogP contribution < -0.4 is 11.1 Å². The fourth-order valence-corrected chi connectivity index (χ4v) is 2.94. The number of carbonyl (C=O) groups is 4. The van der Waals surface area contributed by atoms with Gasteiger partial charge < -0.3 is 5.73 Å². The highest BCUT2D eigenvalue weighted by atomic mass is 16.2. The number of rotatable bonds is 3. The second-order valence-corrected chi connectivity index (χ2v) is 6.54. The van der Waals surface area contributed by atoms with E-state index in [0.29, 0.717) is 12.8 Å². The monoisotopic (exact) mass is 295 g/mol. The van der Waals surface area contributed by atoms with E-state index in [2.05, 4.69) is 5.32 Å².